The van der Waals surface area contributed by atoms with Gasteiger partial charge in [0.2, 0.25) is 5.91 Å². The average molecular weight is 372 g/mol. The molecule has 2 aromatic rings. The van der Waals surface area contributed by atoms with E-state index >= 15 is 0 Å². The van der Waals surface area contributed by atoms with Crippen LogP contribution >= 0.6 is 11.6 Å². The topological polar surface area (TPSA) is 61.4 Å². The number of urea groups is 1. The molecule has 1 unspecified atom stereocenters. The third-order valence-electron chi connectivity index (χ3n) is 4.55. The molecule has 0 bridgehead atoms. The van der Waals surface area contributed by atoms with Crippen molar-refractivity contribution in [3.63, 3.8) is 0 Å². The van der Waals surface area contributed by atoms with Gasteiger partial charge in [-0.25, -0.2) is 4.79 Å². The van der Waals surface area contributed by atoms with Crippen molar-refractivity contribution in [2.24, 2.45) is 0 Å². The molecule has 5 nitrogen and oxygen atoms in total. The molecule has 1 saturated heterocycles. The van der Waals surface area contributed by atoms with Crippen molar-refractivity contribution in [1.82, 2.24) is 4.90 Å². The quantitative estimate of drug-likeness (QED) is 0.799. The lowest BCUT2D eigenvalue weighted by molar-refractivity contribution is -0.114. The molecule has 0 spiro atoms. The highest BCUT2D eigenvalue weighted by molar-refractivity contribution is 6.30. The zero-order chi connectivity index (χ0) is 18.7. The fourth-order valence-electron chi connectivity index (χ4n) is 3.29. The van der Waals surface area contributed by atoms with Gasteiger partial charge in [-0.3, -0.25) is 4.79 Å². The van der Waals surface area contributed by atoms with Gasteiger partial charge < -0.3 is 15.5 Å². The Balaban J connectivity index is 1.76. The SMILES string of the molecule is CC(=O)Nc1cc(NC(=O)N2CCCC2c2cccc(Cl)c2)ccc1C. The van der Waals surface area contributed by atoms with E-state index in [1.807, 2.05) is 48.2 Å². The summed E-state index contributed by atoms with van der Waals surface area (Å²) in [5.41, 5.74) is 3.34. The first kappa shape index (κ1) is 18.3. The van der Waals surface area contributed by atoms with Gasteiger partial charge in [-0.2, -0.15) is 0 Å². The summed E-state index contributed by atoms with van der Waals surface area (Å²) in [5, 5.41) is 6.39. The highest BCUT2D eigenvalue weighted by atomic mass is 35.5. The van der Waals surface area contributed by atoms with E-state index in [1.165, 1.54) is 6.92 Å². The molecule has 0 aliphatic carbocycles. The Morgan fingerprint density at radius 3 is 2.69 bits per heavy atom. The average Bonchev–Trinajstić information content (AvgIpc) is 3.07. The number of carbonyl (C=O) groups is 2. The smallest absolute Gasteiger partial charge is 0.322 e. The van der Waals surface area contributed by atoms with Crippen molar-refractivity contribution < 1.29 is 9.59 Å². The molecule has 6 heteroatoms. The number of likely N-dealkylation sites (tertiary alicyclic amines) is 1. The first-order chi connectivity index (χ1) is 12.4. The molecule has 2 aromatic carbocycles. The van der Waals surface area contributed by atoms with Crippen molar-refractivity contribution in [2.75, 3.05) is 17.2 Å². The second-order valence-corrected chi connectivity index (χ2v) is 6.98. The number of hydrogen-bond donors (Lipinski definition) is 2. The first-order valence-corrected chi connectivity index (χ1v) is 9.03. The number of nitrogens with one attached hydrogen (secondary N) is 2. The standard InChI is InChI=1S/C20H22ClN3O2/c1-13-8-9-17(12-18(13)22-14(2)25)23-20(26)24-10-4-7-19(24)15-5-3-6-16(21)11-15/h3,5-6,8-9,11-12,19H,4,7,10H2,1-2H3,(H,22,25)(H,23,26). The van der Waals surface area contributed by atoms with Gasteiger partial charge in [0.15, 0.2) is 0 Å². The van der Waals surface area contributed by atoms with Crippen LogP contribution in [0.4, 0.5) is 16.2 Å². The Morgan fingerprint density at radius 1 is 1.15 bits per heavy atom. The molecule has 0 saturated carbocycles. The molecule has 1 fully saturated rings. The molecule has 1 aliphatic heterocycles. The first-order valence-electron chi connectivity index (χ1n) is 8.65. The van der Waals surface area contributed by atoms with Gasteiger partial charge in [0.25, 0.3) is 0 Å². The van der Waals surface area contributed by atoms with Gasteiger partial charge in [-0.05, 0) is 55.2 Å². The predicted octanol–water partition coefficient (Wildman–Crippen LogP) is 4.98. The number of benzene rings is 2. The van der Waals surface area contributed by atoms with E-state index in [0.29, 0.717) is 22.9 Å². The maximum absolute atomic E-state index is 12.8. The summed E-state index contributed by atoms with van der Waals surface area (Å²) in [6.45, 7) is 4.07. The van der Waals surface area contributed by atoms with Crippen molar-refractivity contribution >= 4 is 34.9 Å². The minimum Gasteiger partial charge on any atom is -0.326 e. The van der Waals surface area contributed by atoms with Crippen LogP contribution in [0.1, 0.15) is 36.9 Å². The summed E-state index contributed by atoms with van der Waals surface area (Å²) in [4.78, 5) is 26.0. The van der Waals surface area contributed by atoms with Crippen LogP contribution in [0.2, 0.25) is 5.02 Å². The Bertz CT molecular complexity index is 838. The van der Waals surface area contributed by atoms with Crippen LogP contribution in [-0.4, -0.2) is 23.4 Å². The van der Waals surface area contributed by atoms with Crippen LogP contribution in [0.25, 0.3) is 0 Å². The van der Waals surface area contributed by atoms with E-state index in [-0.39, 0.29) is 18.0 Å². The van der Waals surface area contributed by atoms with E-state index < -0.39 is 0 Å². The second-order valence-electron chi connectivity index (χ2n) is 6.55. The van der Waals surface area contributed by atoms with Crippen LogP contribution in [0.15, 0.2) is 42.5 Å². The van der Waals surface area contributed by atoms with E-state index in [9.17, 15) is 9.59 Å². The summed E-state index contributed by atoms with van der Waals surface area (Å²) in [6.07, 6.45) is 1.87. The predicted molar refractivity (Wildman–Crippen MR) is 105 cm³/mol. The van der Waals surface area contributed by atoms with Crippen molar-refractivity contribution in [2.45, 2.75) is 32.7 Å². The number of carbonyl (C=O) groups excluding carboxylic acids is 2. The molecule has 0 aromatic heterocycles. The van der Waals surface area contributed by atoms with Crippen LogP contribution in [0.3, 0.4) is 0 Å². The summed E-state index contributed by atoms with van der Waals surface area (Å²) in [6, 6.07) is 13.0. The molecule has 3 amide bonds. The zero-order valence-electron chi connectivity index (χ0n) is 14.9. The van der Waals surface area contributed by atoms with Gasteiger partial charge in [0, 0.05) is 29.9 Å². The van der Waals surface area contributed by atoms with E-state index in [0.717, 1.165) is 24.0 Å². The molecule has 1 aliphatic rings. The molecule has 2 N–H and O–H groups in total. The fourth-order valence-corrected chi connectivity index (χ4v) is 3.49. The lowest BCUT2D eigenvalue weighted by Crippen LogP contribution is -2.34. The van der Waals surface area contributed by atoms with E-state index in [1.54, 1.807) is 6.07 Å². The molecular weight excluding hydrogens is 350 g/mol. The lowest BCUT2D eigenvalue weighted by Gasteiger charge is -2.25. The third-order valence-corrected chi connectivity index (χ3v) is 4.78. The fraction of sp³-hybridized carbons (Fsp3) is 0.300. The number of anilines is 2. The molecular formula is C20H22ClN3O2. The van der Waals surface area contributed by atoms with E-state index in [2.05, 4.69) is 10.6 Å². The van der Waals surface area contributed by atoms with Crippen molar-refractivity contribution in [3.8, 4) is 0 Å². The molecule has 1 heterocycles. The number of nitrogens with zero attached hydrogens (tertiary/aromatic N) is 1. The monoisotopic (exact) mass is 371 g/mol. The minimum absolute atomic E-state index is 0.0222. The van der Waals surface area contributed by atoms with Crippen LogP contribution in [0.5, 0.6) is 0 Å². The van der Waals surface area contributed by atoms with Crippen LogP contribution < -0.4 is 10.6 Å². The van der Waals surface area contributed by atoms with Crippen LogP contribution in [0, 0.1) is 6.92 Å². The van der Waals surface area contributed by atoms with Crippen LogP contribution in [-0.2, 0) is 4.79 Å². The Hall–Kier alpha value is -2.53. The number of aryl methyl sites for hydroxylation is 1. The highest BCUT2D eigenvalue weighted by Gasteiger charge is 2.30. The maximum Gasteiger partial charge on any atom is 0.322 e. The van der Waals surface area contributed by atoms with Gasteiger partial charge in [0.05, 0.1) is 6.04 Å². The zero-order valence-corrected chi connectivity index (χ0v) is 15.6. The van der Waals surface area contributed by atoms with Crippen molar-refractivity contribution in [1.29, 1.82) is 0 Å². The normalized spacial score (nSPS) is 16.4. The van der Waals surface area contributed by atoms with Crippen molar-refractivity contribution in [3.05, 3.63) is 58.6 Å². The lowest BCUT2D eigenvalue weighted by atomic mass is 10.0. The number of hydrogen-bond acceptors (Lipinski definition) is 2. The van der Waals surface area contributed by atoms with Gasteiger partial charge in [-0.15, -0.1) is 0 Å². The molecule has 3 rings (SSSR count). The van der Waals surface area contributed by atoms with E-state index in [4.69, 9.17) is 11.6 Å². The summed E-state index contributed by atoms with van der Waals surface area (Å²) < 4.78 is 0. The minimum atomic E-state index is -0.148. The highest BCUT2D eigenvalue weighted by Crippen LogP contribution is 2.33. The van der Waals surface area contributed by atoms with Gasteiger partial charge in [0.1, 0.15) is 0 Å². The molecule has 1 atom stereocenters. The Kier molecular flexibility index (Phi) is 5.47. The molecule has 0 radical (unpaired) electrons. The number of amides is 3. The largest absolute Gasteiger partial charge is 0.326 e. The number of rotatable bonds is 3. The third kappa shape index (κ3) is 4.17. The summed E-state index contributed by atoms with van der Waals surface area (Å²) in [7, 11) is 0. The number of halogens is 1. The second kappa shape index (κ2) is 7.79. The summed E-state index contributed by atoms with van der Waals surface area (Å²) >= 11 is 6.10. The Labute approximate surface area is 158 Å². The molecule has 136 valence electrons. The maximum atomic E-state index is 12.8. The Morgan fingerprint density at radius 2 is 1.96 bits per heavy atom. The van der Waals surface area contributed by atoms with Gasteiger partial charge >= 0.3 is 6.03 Å². The summed E-state index contributed by atoms with van der Waals surface area (Å²) in [5.74, 6) is -0.142. The van der Waals surface area contributed by atoms with Gasteiger partial charge in [-0.1, -0.05) is 29.8 Å². The molecule has 26 heavy (non-hydrogen) atoms.